The fourth-order valence-electron chi connectivity index (χ4n) is 1.35. The van der Waals surface area contributed by atoms with E-state index in [9.17, 15) is 0 Å². The molecule has 0 radical (unpaired) electrons. The number of hydrogen-bond acceptors (Lipinski definition) is 3. The average molecular weight is 152 g/mol. The molecule has 0 saturated heterocycles. The Bertz CT molecular complexity index is 265. The molecule has 0 fully saturated rings. The van der Waals surface area contributed by atoms with Crippen molar-refractivity contribution in [2.75, 3.05) is 30.4 Å². The van der Waals surface area contributed by atoms with Crippen molar-refractivity contribution in [1.82, 2.24) is 9.78 Å². The van der Waals surface area contributed by atoms with Crippen LogP contribution in [0.4, 0.5) is 11.5 Å². The van der Waals surface area contributed by atoms with Crippen molar-refractivity contribution in [2.24, 2.45) is 7.05 Å². The first kappa shape index (κ1) is 6.52. The summed E-state index contributed by atoms with van der Waals surface area (Å²) in [5.74, 6) is 1.05. The Hall–Kier alpha value is -1.19. The van der Waals surface area contributed by atoms with Gasteiger partial charge in [0.1, 0.15) is 0 Å². The lowest BCUT2D eigenvalue weighted by molar-refractivity contribution is 0.754. The molecule has 0 spiro atoms. The van der Waals surface area contributed by atoms with Gasteiger partial charge >= 0.3 is 0 Å². The lowest BCUT2D eigenvalue weighted by atomic mass is 10.3. The van der Waals surface area contributed by atoms with Crippen LogP contribution < -0.4 is 10.2 Å². The lowest BCUT2D eigenvalue weighted by Crippen LogP contribution is -2.30. The molecule has 0 saturated carbocycles. The molecule has 2 heterocycles. The largest absolute Gasteiger partial charge is 0.379 e. The number of anilines is 2. The zero-order chi connectivity index (χ0) is 7.84. The van der Waals surface area contributed by atoms with Crippen LogP contribution in [0, 0.1) is 0 Å². The molecular formula is C7H12N4. The highest BCUT2D eigenvalue weighted by molar-refractivity contribution is 5.66. The monoisotopic (exact) mass is 152 g/mol. The third-order valence-electron chi connectivity index (χ3n) is 1.93. The van der Waals surface area contributed by atoms with Gasteiger partial charge in [-0.05, 0) is 0 Å². The Kier molecular flexibility index (Phi) is 1.27. The van der Waals surface area contributed by atoms with E-state index in [0.717, 1.165) is 24.6 Å². The van der Waals surface area contributed by atoms with Crippen LogP contribution in [0.3, 0.4) is 0 Å². The molecule has 11 heavy (non-hydrogen) atoms. The van der Waals surface area contributed by atoms with Gasteiger partial charge in [-0.1, -0.05) is 0 Å². The zero-order valence-electron chi connectivity index (χ0n) is 6.83. The minimum absolute atomic E-state index is 1.01. The van der Waals surface area contributed by atoms with E-state index in [1.54, 1.807) is 0 Å². The van der Waals surface area contributed by atoms with E-state index < -0.39 is 0 Å². The quantitative estimate of drug-likeness (QED) is 0.579. The molecule has 4 heteroatoms. The number of likely N-dealkylation sites (N-methyl/N-ethyl adjacent to an activating group) is 1. The van der Waals surface area contributed by atoms with Crippen molar-refractivity contribution in [1.29, 1.82) is 0 Å². The van der Waals surface area contributed by atoms with Crippen LogP contribution in [0.25, 0.3) is 0 Å². The first-order chi connectivity index (χ1) is 5.27. The number of nitrogens with one attached hydrogen (secondary N) is 1. The van der Waals surface area contributed by atoms with Gasteiger partial charge in [-0.3, -0.25) is 4.68 Å². The summed E-state index contributed by atoms with van der Waals surface area (Å²) in [4.78, 5) is 2.16. The Labute approximate surface area is 65.8 Å². The van der Waals surface area contributed by atoms with Gasteiger partial charge in [0.15, 0.2) is 5.82 Å². The first-order valence-electron chi connectivity index (χ1n) is 3.76. The Morgan fingerprint density at radius 2 is 2.36 bits per heavy atom. The smallest absolute Gasteiger partial charge is 0.173 e. The molecule has 1 aliphatic heterocycles. The van der Waals surface area contributed by atoms with E-state index in [-0.39, 0.29) is 0 Å². The number of rotatable bonds is 0. The minimum atomic E-state index is 1.01. The van der Waals surface area contributed by atoms with E-state index in [1.165, 1.54) is 0 Å². The molecule has 0 atom stereocenters. The maximum atomic E-state index is 4.31. The molecule has 60 valence electrons. The summed E-state index contributed by atoms with van der Waals surface area (Å²) >= 11 is 0. The third kappa shape index (κ3) is 0.943. The van der Waals surface area contributed by atoms with Crippen LogP contribution >= 0.6 is 0 Å². The molecule has 1 N–H and O–H groups in total. The second-order valence-corrected chi connectivity index (χ2v) is 2.89. The van der Waals surface area contributed by atoms with Crippen LogP contribution in [0.15, 0.2) is 6.20 Å². The van der Waals surface area contributed by atoms with Gasteiger partial charge in [0.2, 0.25) is 0 Å². The summed E-state index contributed by atoms with van der Waals surface area (Å²) in [5.41, 5.74) is 1.14. The van der Waals surface area contributed by atoms with E-state index >= 15 is 0 Å². The zero-order valence-corrected chi connectivity index (χ0v) is 6.83. The fourth-order valence-corrected chi connectivity index (χ4v) is 1.35. The molecule has 0 aliphatic carbocycles. The first-order valence-corrected chi connectivity index (χ1v) is 3.76. The highest BCUT2D eigenvalue weighted by Gasteiger charge is 2.15. The van der Waals surface area contributed by atoms with Crippen molar-refractivity contribution in [3.05, 3.63) is 6.20 Å². The maximum Gasteiger partial charge on any atom is 0.173 e. The van der Waals surface area contributed by atoms with Crippen molar-refractivity contribution in [3.63, 3.8) is 0 Å². The van der Waals surface area contributed by atoms with Crippen molar-refractivity contribution in [2.45, 2.75) is 0 Å². The van der Waals surface area contributed by atoms with Crippen LogP contribution in [-0.4, -0.2) is 29.9 Å². The van der Waals surface area contributed by atoms with Crippen LogP contribution in [-0.2, 0) is 7.05 Å². The average Bonchev–Trinajstić information content (AvgIpc) is 2.31. The lowest BCUT2D eigenvalue weighted by Gasteiger charge is -2.23. The normalized spacial score (nSPS) is 16.0. The molecule has 0 amide bonds. The van der Waals surface area contributed by atoms with E-state index in [0.29, 0.717) is 0 Å². The van der Waals surface area contributed by atoms with Gasteiger partial charge in [0, 0.05) is 27.2 Å². The van der Waals surface area contributed by atoms with Gasteiger partial charge in [0.25, 0.3) is 0 Å². The maximum absolute atomic E-state index is 4.31. The molecular weight excluding hydrogens is 140 g/mol. The summed E-state index contributed by atoms with van der Waals surface area (Å²) in [6.45, 7) is 2.04. The fraction of sp³-hybridized carbons (Fsp3) is 0.571. The standard InChI is InChI=1S/C7H12N4/c1-10-4-3-8-6-5-11(2)9-7(6)10/h5,8H,3-4H2,1-2H3. The highest BCUT2D eigenvalue weighted by atomic mass is 15.4. The summed E-state index contributed by atoms with van der Waals surface area (Å²) in [6.07, 6.45) is 2.00. The Morgan fingerprint density at radius 3 is 3.09 bits per heavy atom. The highest BCUT2D eigenvalue weighted by Crippen LogP contribution is 2.24. The van der Waals surface area contributed by atoms with Gasteiger partial charge in [0.05, 0.1) is 11.9 Å². The topological polar surface area (TPSA) is 33.1 Å². The Balaban J connectivity index is 2.43. The molecule has 0 bridgehead atoms. The van der Waals surface area contributed by atoms with Crippen LogP contribution in [0.1, 0.15) is 0 Å². The third-order valence-corrected chi connectivity index (χ3v) is 1.93. The minimum Gasteiger partial charge on any atom is -0.379 e. The number of nitrogens with zero attached hydrogens (tertiary/aromatic N) is 3. The molecule has 0 aromatic carbocycles. The number of fused-ring (bicyclic) bond motifs is 1. The molecule has 4 nitrogen and oxygen atoms in total. The van der Waals surface area contributed by atoms with Crippen LogP contribution in [0.2, 0.25) is 0 Å². The molecule has 2 rings (SSSR count). The predicted octanol–water partition coefficient (Wildman–Crippen LogP) is 0.282. The van der Waals surface area contributed by atoms with Crippen molar-refractivity contribution >= 4 is 11.5 Å². The summed E-state index contributed by atoms with van der Waals surface area (Å²) in [5, 5.41) is 7.60. The van der Waals surface area contributed by atoms with Crippen LogP contribution in [0.5, 0.6) is 0 Å². The summed E-state index contributed by atoms with van der Waals surface area (Å²) in [7, 11) is 4.00. The number of aromatic nitrogens is 2. The van der Waals surface area contributed by atoms with Crippen molar-refractivity contribution in [3.8, 4) is 0 Å². The van der Waals surface area contributed by atoms with Gasteiger partial charge in [-0.15, -0.1) is 0 Å². The summed E-state index contributed by atoms with van der Waals surface area (Å²) < 4.78 is 1.83. The van der Waals surface area contributed by atoms with Gasteiger partial charge < -0.3 is 10.2 Å². The predicted molar refractivity (Wildman–Crippen MR) is 45.0 cm³/mol. The molecule has 1 aliphatic rings. The second-order valence-electron chi connectivity index (χ2n) is 2.89. The van der Waals surface area contributed by atoms with Crippen molar-refractivity contribution < 1.29 is 0 Å². The molecule has 0 unspecified atom stereocenters. The van der Waals surface area contributed by atoms with E-state index in [4.69, 9.17) is 0 Å². The van der Waals surface area contributed by atoms with E-state index in [2.05, 4.69) is 22.4 Å². The second kappa shape index (κ2) is 2.15. The number of aryl methyl sites for hydroxylation is 1. The molecule has 1 aromatic heterocycles. The SMILES string of the molecule is CN1CCNc2cn(C)nc21. The van der Waals surface area contributed by atoms with Gasteiger partial charge in [-0.2, -0.15) is 5.10 Å². The van der Waals surface area contributed by atoms with E-state index in [1.807, 2.05) is 17.9 Å². The summed E-state index contributed by atoms with van der Waals surface area (Å²) in [6, 6.07) is 0. The Morgan fingerprint density at radius 1 is 1.55 bits per heavy atom. The number of hydrogen-bond donors (Lipinski definition) is 1. The van der Waals surface area contributed by atoms with Gasteiger partial charge in [-0.25, -0.2) is 0 Å². The molecule has 1 aromatic rings.